The Hall–Kier alpha value is -3.44. The molecule has 0 unspecified atom stereocenters. The number of morpholine rings is 1. The number of carbonyl (C=O) groups is 1. The first kappa shape index (κ1) is 23.3. The van der Waals surface area contributed by atoms with Crippen LogP contribution in [0.2, 0.25) is 0 Å². The van der Waals surface area contributed by atoms with Gasteiger partial charge in [0.05, 0.1) is 37.5 Å². The number of hydrogen-bond donors (Lipinski definition) is 1. The summed E-state index contributed by atoms with van der Waals surface area (Å²) in [5, 5.41) is 0.747. The van der Waals surface area contributed by atoms with E-state index in [9.17, 15) is 22.4 Å². The van der Waals surface area contributed by atoms with Crippen molar-refractivity contribution in [2.24, 2.45) is 0 Å². The number of fused-ring (bicyclic) bond motifs is 3. The Bertz CT molecular complexity index is 1310. The normalized spacial score (nSPS) is 20.2. The number of benzene rings is 2. The third-order valence-electron chi connectivity index (χ3n) is 6.25. The zero-order valence-electron chi connectivity index (χ0n) is 18.6. The number of aromatic nitrogens is 1. The summed E-state index contributed by atoms with van der Waals surface area (Å²) in [6, 6.07) is 7.45. The van der Waals surface area contributed by atoms with E-state index in [-0.39, 0.29) is 37.3 Å². The number of anilines is 1. The van der Waals surface area contributed by atoms with Crippen molar-refractivity contribution in [2.75, 3.05) is 25.5 Å². The number of ether oxygens (including phenoxy) is 3. The van der Waals surface area contributed by atoms with Crippen LogP contribution in [0, 0.1) is 5.82 Å². The molecule has 0 radical (unpaired) electrons. The number of amides is 1. The van der Waals surface area contributed by atoms with Crippen molar-refractivity contribution < 1.29 is 36.6 Å². The highest BCUT2D eigenvalue weighted by molar-refractivity contribution is 5.99. The van der Waals surface area contributed by atoms with Gasteiger partial charge >= 0.3 is 6.36 Å². The summed E-state index contributed by atoms with van der Waals surface area (Å²) >= 11 is 0. The number of rotatable bonds is 3. The van der Waals surface area contributed by atoms with Gasteiger partial charge in [0.1, 0.15) is 5.82 Å². The minimum atomic E-state index is -5.05. The topological polar surface area (TPSA) is 86.9 Å². The number of nitrogen functional groups attached to an aromatic ring is 1. The van der Waals surface area contributed by atoms with Crippen LogP contribution in [0.3, 0.4) is 0 Å². The lowest BCUT2D eigenvalue weighted by molar-refractivity contribution is -0.275. The van der Waals surface area contributed by atoms with E-state index in [1.54, 1.807) is 18.2 Å². The van der Waals surface area contributed by atoms with Crippen LogP contribution >= 0.6 is 0 Å². The van der Waals surface area contributed by atoms with Crippen LogP contribution in [0.15, 0.2) is 36.4 Å². The van der Waals surface area contributed by atoms with Crippen molar-refractivity contribution in [3.05, 3.63) is 64.5 Å². The maximum Gasteiger partial charge on any atom is 0.573 e. The van der Waals surface area contributed by atoms with Gasteiger partial charge in [-0.1, -0.05) is 6.07 Å². The molecule has 1 saturated heterocycles. The van der Waals surface area contributed by atoms with E-state index in [1.807, 2.05) is 6.92 Å². The van der Waals surface area contributed by atoms with Crippen LogP contribution in [0.1, 0.15) is 46.1 Å². The number of halogens is 4. The summed E-state index contributed by atoms with van der Waals surface area (Å²) in [6.45, 7) is 2.71. The van der Waals surface area contributed by atoms with Gasteiger partial charge in [0.2, 0.25) is 0 Å². The van der Waals surface area contributed by atoms with Crippen molar-refractivity contribution in [3.63, 3.8) is 0 Å². The van der Waals surface area contributed by atoms with Crippen molar-refractivity contribution in [1.29, 1.82) is 0 Å². The summed E-state index contributed by atoms with van der Waals surface area (Å²) < 4.78 is 67.0. The molecule has 3 heterocycles. The molecule has 3 aromatic rings. The Morgan fingerprint density at radius 1 is 1.23 bits per heavy atom. The predicted octanol–water partition coefficient (Wildman–Crippen LogP) is 4.66. The van der Waals surface area contributed by atoms with E-state index in [0.717, 1.165) is 28.6 Å². The highest BCUT2D eigenvalue weighted by Crippen LogP contribution is 2.39. The molecule has 1 fully saturated rings. The number of pyridine rings is 1. The summed E-state index contributed by atoms with van der Waals surface area (Å²) in [6.07, 6.45) is -5.27. The number of hydrogen-bond acceptors (Lipinski definition) is 6. The molecular formula is C24H21F4N3O4. The van der Waals surface area contributed by atoms with Crippen LogP contribution in [0.25, 0.3) is 10.9 Å². The smallest absolute Gasteiger partial charge is 0.403 e. The quantitative estimate of drug-likeness (QED) is 0.537. The second-order valence-corrected chi connectivity index (χ2v) is 8.40. The van der Waals surface area contributed by atoms with Crippen LogP contribution in [0.4, 0.5) is 23.4 Å². The van der Waals surface area contributed by atoms with Crippen molar-refractivity contribution >= 4 is 22.6 Å². The Morgan fingerprint density at radius 2 is 2.03 bits per heavy atom. The highest BCUT2D eigenvalue weighted by atomic mass is 19.4. The number of nitrogens with two attached hydrogens (primary N) is 1. The first-order valence-corrected chi connectivity index (χ1v) is 10.9. The van der Waals surface area contributed by atoms with Gasteiger partial charge in [0.15, 0.2) is 11.6 Å². The maximum atomic E-state index is 13.9. The van der Waals surface area contributed by atoms with Gasteiger partial charge in [-0.15, -0.1) is 13.2 Å². The van der Waals surface area contributed by atoms with Gasteiger partial charge < -0.3 is 24.8 Å². The molecule has 5 rings (SSSR count). The maximum absolute atomic E-state index is 13.9. The molecule has 11 heteroatoms. The van der Waals surface area contributed by atoms with E-state index in [2.05, 4.69) is 9.72 Å². The van der Waals surface area contributed by atoms with E-state index in [4.69, 9.17) is 15.2 Å². The number of carbonyl (C=O) groups excluding carboxylic acids is 1. The Morgan fingerprint density at radius 3 is 2.80 bits per heavy atom. The molecule has 184 valence electrons. The van der Waals surface area contributed by atoms with Gasteiger partial charge in [-0.3, -0.25) is 4.79 Å². The SMILES string of the molecule is C[C@H]1OCc2c1c(N)nc1ccc(C(=O)N3CCOC[C@@H]3c3ccc(F)c(OC(F)(F)F)c3)cc21. The molecule has 0 spiro atoms. The molecule has 35 heavy (non-hydrogen) atoms. The molecule has 2 aliphatic rings. The largest absolute Gasteiger partial charge is 0.573 e. The molecule has 2 N–H and O–H groups in total. The lowest BCUT2D eigenvalue weighted by Gasteiger charge is -2.36. The van der Waals surface area contributed by atoms with E-state index >= 15 is 0 Å². The number of nitrogens with zero attached hydrogens (tertiary/aromatic N) is 2. The van der Waals surface area contributed by atoms with Crippen molar-refractivity contribution in [1.82, 2.24) is 9.88 Å². The summed E-state index contributed by atoms with van der Waals surface area (Å²) in [5.41, 5.74) is 9.03. The zero-order chi connectivity index (χ0) is 24.9. The summed E-state index contributed by atoms with van der Waals surface area (Å²) in [4.78, 5) is 19.5. The van der Waals surface area contributed by atoms with Gasteiger partial charge in [-0.05, 0) is 48.4 Å². The summed E-state index contributed by atoms with van der Waals surface area (Å²) in [5.74, 6) is -2.09. The van der Waals surface area contributed by atoms with Crippen molar-refractivity contribution in [3.8, 4) is 5.75 Å². The van der Waals surface area contributed by atoms with E-state index in [0.29, 0.717) is 23.5 Å². The second kappa shape index (κ2) is 8.65. The Balaban J connectivity index is 1.50. The minimum absolute atomic E-state index is 0.0370. The fourth-order valence-corrected chi connectivity index (χ4v) is 4.62. The lowest BCUT2D eigenvalue weighted by Crippen LogP contribution is -2.43. The van der Waals surface area contributed by atoms with Crippen molar-refractivity contribution in [2.45, 2.75) is 32.0 Å². The first-order valence-electron chi connectivity index (χ1n) is 10.9. The van der Waals surface area contributed by atoms with Crippen LogP contribution < -0.4 is 10.5 Å². The zero-order valence-corrected chi connectivity index (χ0v) is 18.6. The standard InChI is InChI=1S/C24H21F4N3O4/c1-12-21-16(10-34-12)15-8-14(3-5-18(15)30-22(21)29)23(32)31-6-7-33-11-19(31)13-2-4-17(25)20(9-13)35-24(26,27)28/h2-5,8-9,12,19H,6-7,10-11H2,1H3,(H2,29,30)/t12-,19-/m1/s1. The van der Waals surface area contributed by atoms with E-state index in [1.165, 1.54) is 11.0 Å². The molecular weight excluding hydrogens is 470 g/mol. The molecule has 0 bridgehead atoms. The average molecular weight is 491 g/mol. The Labute approximate surface area is 197 Å². The second-order valence-electron chi connectivity index (χ2n) is 8.40. The fourth-order valence-electron chi connectivity index (χ4n) is 4.62. The fraction of sp³-hybridized carbons (Fsp3) is 0.333. The minimum Gasteiger partial charge on any atom is -0.403 e. The molecule has 2 aromatic carbocycles. The lowest BCUT2D eigenvalue weighted by atomic mass is 9.99. The predicted molar refractivity (Wildman–Crippen MR) is 117 cm³/mol. The first-order chi connectivity index (χ1) is 16.6. The van der Waals surface area contributed by atoms with E-state index < -0.39 is 24.0 Å². The molecule has 0 aliphatic carbocycles. The van der Waals surface area contributed by atoms with Gasteiger partial charge in [0, 0.05) is 23.1 Å². The van der Waals surface area contributed by atoms with Crippen LogP contribution in [-0.4, -0.2) is 41.9 Å². The van der Waals surface area contributed by atoms with Gasteiger partial charge in [-0.2, -0.15) is 0 Å². The third-order valence-corrected chi connectivity index (χ3v) is 6.25. The number of alkyl halides is 3. The average Bonchev–Trinajstić information content (AvgIpc) is 3.21. The summed E-state index contributed by atoms with van der Waals surface area (Å²) in [7, 11) is 0. The molecule has 2 aliphatic heterocycles. The van der Waals surface area contributed by atoms with Crippen LogP contribution in [0.5, 0.6) is 5.75 Å². The van der Waals surface area contributed by atoms with Gasteiger partial charge in [0.25, 0.3) is 5.91 Å². The van der Waals surface area contributed by atoms with Gasteiger partial charge in [-0.25, -0.2) is 9.37 Å². The molecule has 1 aromatic heterocycles. The molecule has 7 nitrogen and oxygen atoms in total. The monoisotopic (exact) mass is 491 g/mol. The molecule has 1 amide bonds. The van der Waals surface area contributed by atoms with Crippen LogP contribution in [-0.2, 0) is 16.1 Å². The molecule has 0 saturated carbocycles. The third kappa shape index (κ3) is 4.37. The molecule has 2 atom stereocenters. The highest BCUT2D eigenvalue weighted by Gasteiger charge is 2.35. The Kier molecular flexibility index (Phi) is 5.76.